The van der Waals surface area contributed by atoms with E-state index in [9.17, 15) is 14.4 Å². The maximum absolute atomic E-state index is 11.2. The molecule has 0 unspecified atom stereocenters. The molecule has 0 spiro atoms. The highest BCUT2D eigenvalue weighted by Gasteiger charge is 2.11. The summed E-state index contributed by atoms with van der Waals surface area (Å²) in [5, 5.41) is 11.0. The van der Waals surface area contributed by atoms with E-state index in [4.69, 9.17) is 5.11 Å². The fourth-order valence-electron chi connectivity index (χ4n) is 1.06. The smallest absolute Gasteiger partial charge is 0.335 e. The summed E-state index contributed by atoms with van der Waals surface area (Å²) in [5.74, 6) is -2.24. The normalized spacial score (nSPS) is 9.56. The lowest BCUT2D eigenvalue weighted by atomic mass is 10.2. The second-order valence-electron chi connectivity index (χ2n) is 3.11. The third-order valence-corrected chi connectivity index (χ3v) is 1.96. The highest BCUT2D eigenvalue weighted by Crippen LogP contribution is 2.09. The van der Waals surface area contributed by atoms with Crippen LogP contribution in [0.1, 0.15) is 23.7 Å². The molecule has 1 rings (SSSR count). The van der Waals surface area contributed by atoms with Gasteiger partial charge in [-0.15, -0.1) is 0 Å². The Bertz CT molecular complexity index is 422. The van der Waals surface area contributed by atoms with Gasteiger partial charge >= 0.3 is 5.97 Å². The van der Waals surface area contributed by atoms with E-state index >= 15 is 0 Å². The van der Waals surface area contributed by atoms with Gasteiger partial charge in [-0.3, -0.25) is 9.59 Å². The molecule has 1 aromatic carbocycles. The molecule has 2 N–H and O–H groups in total. The Balaban J connectivity index is 2.72. The van der Waals surface area contributed by atoms with Crippen LogP contribution in [0.3, 0.4) is 0 Å². The topological polar surface area (TPSA) is 83.5 Å². The van der Waals surface area contributed by atoms with Gasteiger partial charge in [-0.2, -0.15) is 0 Å². The lowest BCUT2D eigenvalue weighted by molar-refractivity contribution is -0.134. The Kier molecular flexibility index (Phi) is 3.77. The second-order valence-corrected chi connectivity index (χ2v) is 3.11. The molecule has 0 aliphatic carbocycles. The van der Waals surface area contributed by atoms with Gasteiger partial charge in [0.15, 0.2) is 0 Å². The van der Waals surface area contributed by atoms with Gasteiger partial charge in [-0.1, -0.05) is 6.92 Å². The number of hydrogen-bond donors (Lipinski definition) is 2. The first-order valence-electron chi connectivity index (χ1n) is 4.72. The summed E-state index contributed by atoms with van der Waals surface area (Å²) < 4.78 is 0. The summed E-state index contributed by atoms with van der Waals surface area (Å²) in [6, 6.07) is 5.58. The van der Waals surface area contributed by atoms with Crippen LogP contribution < -0.4 is 5.32 Å². The highest BCUT2D eigenvalue weighted by atomic mass is 16.4. The van der Waals surface area contributed by atoms with E-state index in [1.165, 1.54) is 24.3 Å². The fraction of sp³-hybridized carbons (Fsp3) is 0.182. The Labute approximate surface area is 92.1 Å². The van der Waals surface area contributed by atoms with E-state index < -0.39 is 17.7 Å². The van der Waals surface area contributed by atoms with Crippen molar-refractivity contribution in [2.24, 2.45) is 0 Å². The standard InChI is InChI=1S/C11H11NO4/c1-2-9(13)10(14)12-8-5-3-7(4-6-8)11(15)16/h3-6H,2H2,1H3,(H,12,14)(H,15,16). The first kappa shape index (κ1) is 11.9. The predicted octanol–water partition coefficient (Wildman–Crippen LogP) is 1.30. The number of carboxylic acids is 1. The predicted molar refractivity (Wildman–Crippen MR) is 57.3 cm³/mol. The zero-order valence-electron chi connectivity index (χ0n) is 8.69. The van der Waals surface area contributed by atoms with Crippen molar-refractivity contribution in [2.75, 3.05) is 5.32 Å². The van der Waals surface area contributed by atoms with Crippen LogP contribution in [-0.2, 0) is 9.59 Å². The van der Waals surface area contributed by atoms with Crippen molar-refractivity contribution in [1.82, 2.24) is 0 Å². The van der Waals surface area contributed by atoms with E-state index in [1.54, 1.807) is 6.92 Å². The van der Waals surface area contributed by atoms with Crippen molar-refractivity contribution in [3.05, 3.63) is 29.8 Å². The quantitative estimate of drug-likeness (QED) is 0.750. The molecule has 1 amide bonds. The largest absolute Gasteiger partial charge is 0.478 e. The summed E-state index contributed by atoms with van der Waals surface area (Å²) in [6.07, 6.45) is 0.138. The zero-order chi connectivity index (χ0) is 12.1. The van der Waals surface area contributed by atoms with E-state index in [0.717, 1.165) is 0 Å². The number of aromatic carboxylic acids is 1. The van der Waals surface area contributed by atoms with Crippen molar-refractivity contribution in [1.29, 1.82) is 0 Å². The van der Waals surface area contributed by atoms with Gasteiger partial charge in [-0.05, 0) is 24.3 Å². The molecular weight excluding hydrogens is 210 g/mol. The van der Waals surface area contributed by atoms with Gasteiger partial charge in [0.05, 0.1) is 5.56 Å². The third kappa shape index (κ3) is 2.91. The monoisotopic (exact) mass is 221 g/mol. The number of carbonyl (C=O) groups excluding carboxylic acids is 2. The van der Waals surface area contributed by atoms with Crippen LogP contribution in [-0.4, -0.2) is 22.8 Å². The van der Waals surface area contributed by atoms with Crippen LogP contribution in [0.2, 0.25) is 0 Å². The number of anilines is 1. The summed E-state index contributed by atoms with van der Waals surface area (Å²) >= 11 is 0. The molecule has 0 radical (unpaired) electrons. The van der Waals surface area contributed by atoms with Crippen LogP contribution in [0.25, 0.3) is 0 Å². The summed E-state index contributed by atoms with van der Waals surface area (Å²) in [7, 11) is 0. The number of ketones is 1. The van der Waals surface area contributed by atoms with Gasteiger partial charge in [-0.25, -0.2) is 4.79 Å². The van der Waals surface area contributed by atoms with Crippen LogP contribution in [0, 0.1) is 0 Å². The molecule has 0 aliphatic heterocycles. The number of rotatable bonds is 4. The van der Waals surface area contributed by atoms with Crippen molar-refractivity contribution >= 4 is 23.3 Å². The number of hydrogen-bond acceptors (Lipinski definition) is 3. The van der Waals surface area contributed by atoms with Crippen LogP contribution in [0.15, 0.2) is 24.3 Å². The lowest BCUT2D eigenvalue weighted by Crippen LogP contribution is -2.21. The van der Waals surface area contributed by atoms with Crippen LogP contribution in [0.5, 0.6) is 0 Å². The lowest BCUT2D eigenvalue weighted by Gasteiger charge is -2.03. The van der Waals surface area contributed by atoms with E-state index in [0.29, 0.717) is 5.69 Å². The van der Waals surface area contributed by atoms with E-state index in [-0.39, 0.29) is 12.0 Å². The molecule has 0 aliphatic rings. The molecule has 0 atom stereocenters. The van der Waals surface area contributed by atoms with Gasteiger partial charge < -0.3 is 10.4 Å². The van der Waals surface area contributed by atoms with Gasteiger partial charge in [0, 0.05) is 12.1 Å². The molecule has 84 valence electrons. The number of Topliss-reactive ketones (excluding diaryl/α,β-unsaturated/α-hetero) is 1. The minimum absolute atomic E-state index is 0.125. The zero-order valence-corrected chi connectivity index (χ0v) is 8.69. The molecule has 0 saturated heterocycles. The minimum atomic E-state index is -1.04. The fourth-order valence-corrected chi connectivity index (χ4v) is 1.06. The number of carboxylic acid groups (broad SMARTS) is 1. The van der Waals surface area contributed by atoms with Crippen molar-refractivity contribution in [2.45, 2.75) is 13.3 Å². The molecule has 0 fully saturated rings. The third-order valence-electron chi connectivity index (χ3n) is 1.96. The van der Waals surface area contributed by atoms with Gasteiger partial charge in [0.25, 0.3) is 5.91 Å². The highest BCUT2D eigenvalue weighted by molar-refractivity contribution is 6.40. The Morgan fingerprint density at radius 1 is 1.19 bits per heavy atom. The molecular formula is C11H11NO4. The molecule has 16 heavy (non-hydrogen) atoms. The molecule has 0 saturated carbocycles. The van der Waals surface area contributed by atoms with Crippen LogP contribution in [0.4, 0.5) is 5.69 Å². The number of benzene rings is 1. The van der Waals surface area contributed by atoms with E-state index in [1.807, 2.05) is 0 Å². The minimum Gasteiger partial charge on any atom is -0.478 e. The first-order valence-corrected chi connectivity index (χ1v) is 4.72. The Hall–Kier alpha value is -2.17. The number of nitrogens with one attached hydrogen (secondary N) is 1. The molecule has 0 aromatic heterocycles. The maximum atomic E-state index is 11.2. The second kappa shape index (κ2) is 5.06. The maximum Gasteiger partial charge on any atom is 0.335 e. The first-order chi connectivity index (χ1) is 7.54. The molecule has 0 bridgehead atoms. The molecule has 0 heterocycles. The summed E-state index contributed by atoms with van der Waals surface area (Å²) in [4.78, 5) is 32.7. The average Bonchev–Trinajstić information content (AvgIpc) is 2.28. The number of carbonyl (C=O) groups is 3. The van der Waals surface area contributed by atoms with Crippen molar-refractivity contribution < 1.29 is 19.5 Å². The van der Waals surface area contributed by atoms with Crippen molar-refractivity contribution in [3.8, 4) is 0 Å². The van der Waals surface area contributed by atoms with Crippen molar-refractivity contribution in [3.63, 3.8) is 0 Å². The molecule has 1 aromatic rings. The Morgan fingerprint density at radius 2 is 1.75 bits per heavy atom. The van der Waals surface area contributed by atoms with Crippen LogP contribution >= 0.6 is 0 Å². The SMILES string of the molecule is CCC(=O)C(=O)Nc1ccc(C(=O)O)cc1. The summed E-state index contributed by atoms with van der Waals surface area (Å²) in [5.41, 5.74) is 0.525. The van der Waals surface area contributed by atoms with Gasteiger partial charge in [0.1, 0.15) is 0 Å². The Morgan fingerprint density at radius 3 is 2.19 bits per heavy atom. The number of amides is 1. The van der Waals surface area contributed by atoms with E-state index in [2.05, 4.69) is 5.32 Å². The summed E-state index contributed by atoms with van der Waals surface area (Å²) in [6.45, 7) is 1.59. The molecule has 5 nitrogen and oxygen atoms in total. The molecule has 5 heteroatoms. The van der Waals surface area contributed by atoms with Gasteiger partial charge in [0.2, 0.25) is 5.78 Å². The average molecular weight is 221 g/mol.